The van der Waals surface area contributed by atoms with Gasteiger partial charge in [0.05, 0.1) is 5.56 Å². The minimum absolute atomic E-state index is 0.0625. The summed E-state index contributed by atoms with van der Waals surface area (Å²) in [7, 11) is -4.27. The highest BCUT2D eigenvalue weighted by molar-refractivity contribution is 7.90. The van der Waals surface area contributed by atoms with Crippen molar-refractivity contribution in [3.05, 3.63) is 71.4 Å². The molecule has 2 aromatic heterocycles. The van der Waals surface area contributed by atoms with Gasteiger partial charge in [-0.3, -0.25) is 4.79 Å². The molecule has 0 spiro atoms. The quantitative estimate of drug-likeness (QED) is 0.525. The van der Waals surface area contributed by atoms with Crippen molar-refractivity contribution < 1.29 is 17.9 Å². The Bertz CT molecular complexity index is 1310. The van der Waals surface area contributed by atoms with Crippen LogP contribution in [0.3, 0.4) is 0 Å². The van der Waals surface area contributed by atoms with E-state index in [9.17, 15) is 13.2 Å². The number of nitrogens with one attached hydrogen (secondary N) is 1. The van der Waals surface area contributed by atoms with Gasteiger partial charge >= 0.3 is 0 Å². The van der Waals surface area contributed by atoms with Crippen LogP contribution in [0.15, 0.2) is 65.8 Å². The second kappa shape index (κ2) is 9.23. The van der Waals surface area contributed by atoms with Gasteiger partial charge in [0.2, 0.25) is 5.88 Å². The first-order chi connectivity index (χ1) is 16.0. The van der Waals surface area contributed by atoms with Crippen molar-refractivity contribution in [2.45, 2.75) is 37.8 Å². The predicted molar refractivity (Wildman–Crippen MR) is 130 cm³/mol. The van der Waals surface area contributed by atoms with Gasteiger partial charge in [-0.05, 0) is 68.7 Å². The summed E-state index contributed by atoms with van der Waals surface area (Å²) in [4.78, 5) is 23.6. The molecule has 0 bridgehead atoms. The Labute approximate surface area is 204 Å². The van der Waals surface area contributed by atoms with Crippen molar-refractivity contribution in [1.29, 1.82) is 0 Å². The Morgan fingerprint density at radius 3 is 2.56 bits per heavy atom. The van der Waals surface area contributed by atoms with Crippen LogP contribution in [0.2, 0.25) is 5.02 Å². The van der Waals surface area contributed by atoms with E-state index in [1.54, 1.807) is 42.6 Å². The number of carbonyl (C=O) groups is 1. The molecule has 0 saturated carbocycles. The summed E-state index contributed by atoms with van der Waals surface area (Å²) in [6.07, 6.45) is 2.53. The molecule has 1 atom stereocenters. The molecule has 10 heteroatoms. The highest BCUT2D eigenvalue weighted by Crippen LogP contribution is 2.37. The number of aromatic nitrogens is 2. The molecule has 1 aliphatic rings. The first-order valence-corrected chi connectivity index (χ1v) is 12.6. The van der Waals surface area contributed by atoms with Crippen molar-refractivity contribution >= 4 is 33.3 Å². The largest absolute Gasteiger partial charge is 0.439 e. The molecule has 0 aliphatic carbocycles. The molecule has 1 fully saturated rings. The third kappa shape index (κ3) is 5.15. The molecule has 1 saturated heterocycles. The van der Waals surface area contributed by atoms with Gasteiger partial charge in [-0.2, -0.15) is 13.4 Å². The average Bonchev–Trinajstić information content (AvgIpc) is 3.07. The summed E-state index contributed by atoms with van der Waals surface area (Å²) < 4.78 is 33.7. The van der Waals surface area contributed by atoms with E-state index in [2.05, 4.69) is 40.4 Å². The molecule has 1 unspecified atom stereocenters. The number of hydrogen-bond donors (Lipinski definition) is 1. The highest BCUT2D eigenvalue weighted by Gasteiger charge is 2.39. The second-order valence-electron chi connectivity index (χ2n) is 8.91. The van der Waals surface area contributed by atoms with Gasteiger partial charge in [0.25, 0.3) is 15.9 Å². The van der Waals surface area contributed by atoms with Gasteiger partial charge in [0, 0.05) is 29.4 Å². The smallest absolute Gasteiger partial charge is 0.281 e. The maximum absolute atomic E-state index is 13.1. The van der Waals surface area contributed by atoms with E-state index in [1.807, 2.05) is 0 Å². The molecule has 1 amide bonds. The molecule has 1 N–H and O–H groups in total. The number of rotatable bonds is 6. The number of anilines is 1. The van der Waals surface area contributed by atoms with Crippen LogP contribution in [0, 0.1) is 5.92 Å². The molecule has 0 radical (unpaired) electrons. The molecule has 3 heterocycles. The predicted octanol–water partition coefficient (Wildman–Crippen LogP) is 4.67. The molecule has 1 aliphatic heterocycles. The highest BCUT2D eigenvalue weighted by atomic mass is 35.5. The number of benzene rings is 1. The number of carbonyl (C=O) groups excluding carboxylic acids is 1. The Morgan fingerprint density at radius 1 is 1.15 bits per heavy atom. The molecule has 8 nitrogen and oxygen atoms in total. The zero-order valence-corrected chi connectivity index (χ0v) is 20.6. The first kappa shape index (κ1) is 24.0. The fraction of sp³-hybridized carbons (Fsp3) is 0.292. The Balaban J connectivity index is 1.57. The summed E-state index contributed by atoms with van der Waals surface area (Å²) in [5, 5.41) is 0.203. The molecule has 34 heavy (non-hydrogen) atoms. The van der Waals surface area contributed by atoms with Crippen LogP contribution in [0.1, 0.15) is 37.6 Å². The van der Waals surface area contributed by atoms with Crippen LogP contribution >= 0.6 is 11.6 Å². The van der Waals surface area contributed by atoms with Crippen LogP contribution in [0.5, 0.6) is 11.6 Å². The fourth-order valence-electron chi connectivity index (χ4n) is 4.20. The number of sulfonamides is 1. The summed E-state index contributed by atoms with van der Waals surface area (Å²) in [5.41, 5.74) is -0.0295. The molecule has 178 valence electrons. The van der Waals surface area contributed by atoms with E-state index in [0.29, 0.717) is 22.5 Å². The van der Waals surface area contributed by atoms with Gasteiger partial charge in [-0.15, -0.1) is 0 Å². The summed E-state index contributed by atoms with van der Waals surface area (Å²) in [6, 6.07) is 14.0. The topological polar surface area (TPSA) is 101 Å². The van der Waals surface area contributed by atoms with Gasteiger partial charge in [-0.1, -0.05) is 24.6 Å². The van der Waals surface area contributed by atoms with E-state index in [-0.39, 0.29) is 22.0 Å². The summed E-state index contributed by atoms with van der Waals surface area (Å²) in [6.45, 7) is 7.03. The van der Waals surface area contributed by atoms with Crippen LogP contribution in [0.25, 0.3) is 0 Å². The molecular weight excluding hydrogens is 476 g/mol. The lowest BCUT2D eigenvalue weighted by Gasteiger charge is -2.33. The summed E-state index contributed by atoms with van der Waals surface area (Å²) >= 11 is 5.88. The maximum Gasteiger partial charge on any atom is 0.281 e. The zero-order chi connectivity index (χ0) is 24.5. The van der Waals surface area contributed by atoms with E-state index >= 15 is 0 Å². The number of pyridine rings is 2. The van der Waals surface area contributed by atoms with E-state index in [0.717, 1.165) is 13.0 Å². The van der Waals surface area contributed by atoms with Crippen LogP contribution in [-0.2, 0) is 10.0 Å². The number of halogens is 1. The van der Waals surface area contributed by atoms with Gasteiger partial charge < -0.3 is 9.64 Å². The van der Waals surface area contributed by atoms with E-state index < -0.39 is 15.9 Å². The number of amides is 1. The van der Waals surface area contributed by atoms with Gasteiger partial charge in [0.1, 0.15) is 11.6 Å². The monoisotopic (exact) mass is 500 g/mol. The Kier molecular flexibility index (Phi) is 6.51. The minimum Gasteiger partial charge on any atom is -0.439 e. The van der Waals surface area contributed by atoms with E-state index in [4.69, 9.17) is 16.3 Å². The zero-order valence-electron chi connectivity index (χ0n) is 19.0. The lowest BCUT2D eigenvalue weighted by Crippen LogP contribution is -2.41. The normalized spacial score (nSPS) is 17.4. The Morgan fingerprint density at radius 2 is 1.88 bits per heavy atom. The number of ether oxygens (including phenoxy) is 1. The van der Waals surface area contributed by atoms with Crippen LogP contribution in [0.4, 0.5) is 5.82 Å². The summed E-state index contributed by atoms with van der Waals surface area (Å²) in [5.74, 6) is 0.608. The lowest BCUT2D eigenvalue weighted by atomic mass is 9.97. The third-order valence-electron chi connectivity index (χ3n) is 5.60. The number of nitrogens with zero attached hydrogens (tertiary/aromatic N) is 3. The van der Waals surface area contributed by atoms with Crippen molar-refractivity contribution in [1.82, 2.24) is 14.7 Å². The maximum atomic E-state index is 13.1. The van der Waals surface area contributed by atoms with Crippen LogP contribution in [-0.4, -0.2) is 36.4 Å². The molecule has 4 rings (SSSR count). The SMILES string of the molecule is CC1CN(c2ncccc2C(=O)NS(=O)(=O)c2cccc(Oc3ccc(Cl)cc3)n2)C(C)(C)C1. The standard InChI is InChI=1S/C24H25ClN4O4S/c1-16-14-24(2,3)29(15-16)22-19(6-5-13-26-22)23(30)28-34(31,32)21-8-4-7-20(27-21)33-18-11-9-17(25)10-12-18/h4-13,16H,14-15H2,1-3H3,(H,28,30). The molecule has 1 aromatic carbocycles. The van der Waals surface area contributed by atoms with Crippen molar-refractivity contribution in [2.75, 3.05) is 11.4 Å². The minimum atomic E-state index is -4.27. The van der Waals surface area contributed by atoms with Crippen molar-refractivity contribution in [3.8, 4) is 11.6 Å². The fourth-order valence-corrected chi connectivity index (χ4v) is 5.26. The Hall–Kier alpha value is -3.17. The van der Waals surface area contributed by atoms with E-state index in [1.165, 1.54) is 18.2 Å². The molecule has 3 aromatic rings. The third-order valence-corrected chi connectivity index (χ3v) is 7.08. The molecular formula is C24H25ClN4O4S. The van der Waals surface area contributed by atoms with Gasteiger partial charge in [0.15, 0.2) is 5.03 Å². The first-order valence-electron chi connectivity index (χ1n) is 10.8. The van der Waals surface area contributed by atoms with Gasteiger partial charge in [-0.25, -0.2) is 9.71 Å². The van der Waals surface area contributed by atoms with Crippen LogP contribution < -0.4 is 14.4 Å². The lowest BCUT2D eigenvalue weighted by molar-refractivity contribution is 0.0981. The average molecular weight is 501 g/mol. The van der Waals surface area contributed by atoms with Crippen molar-refractivity contribution in [3.63, 3.8) is 0 Å². The van der Waals surface area contributed by atoms with Crippen molar-refractivity contribution in [2.24, 2.45) is 5.92 Å². The number of hydrogen-bond acceptors (Lipinski definition) is 7. The second-order valence-corrected chi connectivity index (χ2v) is 11.0.